The van der Waals surface area contributed by atoms with Gasteiger partial charge in [0, 0.05) is 33.0 Å². The number of ketones is 1. The number of carbonyl (C=O) groups is 2. The lowest BCUT2D eigenvalue weighted by Gasteiger charge is -2.08. The van der Waals surface area contributed by atoms with Gasteiger partial charge >= 0.3 is 5.97 Å². The largest absolute Gasteiger partial charge is 0.457 e. The van der Waals surface area contributed by atoms with E-state index in [0.29, 0.717) is 27.2 Å². The van der Waals surface area contributed by atoms with E-state index in [1.54, 1.807) is 18.2 Å². The molecule has 1 aromatic heterocycles. The van der Waals surface area contributed by atoms with E-state index in [0.717, 1.165) is 24.2 Å². The third-order valence-electron chi connectivity index (χ3n) is 4.41. The lowest BCUT2D eigenvalue weighted by Crippen LogP contribution is -2.16. The number of nitrogens with zero attached hydrogens (tertiary/aromatic N) is 1. The summed E-state index contributed by atoms with van der Waals surface area (Å²) >= 11 is 11.9. The van der Waals surface area contributed by atoms with Gasteiger partial charge in [0.25, 0.3) is 0 Å². The Bertz CT molecular complexity index is 837. The van der Waals surface area contributed by atoms with E-state index in [2.05, 4.69) is 4.57 Å². The molecule has 1 heterocycles. The summed E-state index contributed by atoms with van der Waals surface area (Å²) in [5, 5.41) is 0.909. The molecule has 0 aliphatic heterocycles. The number of aryl methyl sites for hydroxylation is 1. The molecule has 0 bridgehead atoms. The highest BCUT2D eigenvalue weighted by Gasteiger charge is 2.28. The molecule has 132 valence electrons. The molecule has 1 aliphatic carbocycles. The Morgan fingerprint density at radius 1 is 1.20 bits per heavy atom. The Balaban J connectivity index is 1.60. The van der Waals surface area contributed by atoms with Gasteiger partial charge in [0.1, 0.15) is 0 Å². The monoisotopic (exact) mass is 379 g/mol. The predicted molar refractivity (Wildman–Crippen MR) is 97.6 cm³/mol. The average Bonchev–Trinajstić information content (AvgIpc) is 3.33. The molecule has 1 aromatic carbocycles. The van der Waals surface area contributed by atoms with E-state index < -0.39 is 5.97 Å². The molecule has 2 aromatic rings. The molecule has 0 atom stereocenters. The molecule has 0 unspecified atom stereocenters. The van der Waals surface area contributed by atoms with Gasteiger partial charge in [-0.15, -0.1) is 0 Å². The fraction of sp³-hybridized carbons (Fsp3) is 0.368. The molecule has 4 nitrogen and oxygen atoms in total. The second kappa shape index (κ2) is 7.22. The highest BCUT2D eigenvalue weighted by Crippen LogP contribution is 2.38. The number of hydrogen-bond donors (Lipinski definition) is 0. The minimum absolute atomic E-state index is 0.00434. The van der Waals surface area contributed by atoms with Gasteiger partial charge in [-0.25, -0.2) is 0 Å². The van der Waals surface area contributed by atoms with Crippen LogP contribution >= 0.6 is 23.2 Å². The Morgan fingerprint density at radius 3 is 2.56 bits per heavy atom. The topological polar surface area (TPSA) is 48.3 Å². The summed E-state index contributed by atoms with van der Waals surface area (Å²) in [5.74, 6) is -0.677. The van der Waals surface area contributed by atoms with Crippen molar-refractivity contribution in [3.05, 3.63) is 56.8 Å². The first-order chi connectivity index (χ1) is 11.9. The quantitative estimate of drug-likeness (QED) is 0.539. The van der Waals surface area contributed by atoms with Crippen LogP contribution in [0.5, 0.6) is 0 Å². The zero-order chi connectivity index (χ0) is 18.1. The molecule has 25 heavy (non-hydrogen) atoms. The number of aromatic nitrogens is 1. The highest BCUT2D eigenvalue weighted by molar-refractivity contribution is 6.35. The molecule has 0 saturated heterocycles. The van der Waals surface area contributed by atoms with Crippen molar-refractivity contribution >= 4 is 35.0 Å². The maximum Gasteiger partial charge on any atom is 0.310 e. The summed E-state index contributed by atoms with van der Waals surface area (Å²) < 4.78 is 7.34. The number of esters is 1. The fourth-order valence-corrected chi connectivity index (χ4v) is 3.52. The van der Waals surface area contributed by atoms with Crippen molar-refractivity contribution in [2.45, 2.75) is 39.2 Å². The van der Waals surface area contributed by atoms with Crippen LogP contribution in [0.2, 0.25) is 10.0 Å². The smallest absolute Gasteiger partial charge is 0.310 e. The summed E-state index contributed by atoms with van der Waals surface area (Å²) in [6, 6.07) is 7.30. The van der Waals surface area contributed by atoms with E-state index in [1.807, 2.05) is 19.9 Å². The second-order valence-electron chi connectivity index (χ2n) is 6.38. The lowest BCUT2D eigenvalue weighted by atomic mass is 10.1. The maximum atomic E-state index is 12.4. The first-order valence-corrected chi connectivity index (χ1v) is 8.93. The van der Waals surface area contributed by atoms with Crippen molar-refractivity contribution in [3.8, 4) is 0 Å². The molecule has 3 rings (SSSR count). The molecule has 0 amide bonds. The van der Waals surface area contributed by atoms with E-state index >= 15 is 0 Å². The van der Waals surface area contributed by atoms with Gasteiger partial charge in [0.15, 0.2) is 6.61 Å². The number of Topliss-reactive ketones (excluding diaryl/α,β-unsaturated/α-hetero) is 1. The number of hydrogen-bond acceptors (Lipinski definition) is 3. The van der Waals surface area contributed by atoms with Gasteiger partial charge in [-0.3, -0.25) is 9.59 Å². The normalized spacial score (nSPS) is 13.8. The Labute approximate surface area is 156 Å². The van der Waals surface area contributed by atoms with Crippen LogP contribution in [0.3, 0.4) is 0 Å². The molecule has 6 heteroatoms. The minimum atomic E-state index is -0.492. The van der Waals surface area contributed by atoms with Crippen molar-refractivity contribution in [3.63, 3.8) is 0 Å². The number of carbonyl (C=O) groups excluding carboxylic acids is 2. The number of halogens is 2. The van der Waals surface area contributed by atoms with Crippen LogP contribution in [-0.4, -0.2) is 22.9 Å². The van der Waals surface area contributed by atoms with Crippen molar-refractivity contribution in [2.24, 2.45) is 0 Å². The zero-order valence-electron chi connectivity index (χ0n) is 14.1. The van der Waals surface area contributed by atoms with Crippen molar-refractivity contribution < 1.29 is 14.3 Å². The van der Waals surface area contributed by atoms with Crippen LogP contribution in [0.25, 0.3) is 0 Å². The van der Waals surface area contributed by atoms with Crippen LogP contribution in [0.1, 0.15) is 46.2 Å². The third-order valence-corrected chi connectivity index (χ3v) is 5.00. The Morgan fingerprint density at radius 2 is 1.92 bits per heavy atom. The van der Waals surface area contributed by atoms with E-state index in [4.69, 9.17) is 27.9 Å². The maximum absolute atomic E-state index is 12.4. The Kier molecular flexibility index (Phi) is 5.21. The van der Waals surface area contributed by atoms with Gasteiger partial charge in [0.05, 0.1) is 6.42 Å². The summed E-state index contributed by atoms with van der Waals surface area (Å²) in [7, 11) is 0. The van der Waals surface area contributed by atoms with Crippen molar-refractivity contribution in [1.82, 2.24) is 4.57 Å². The summed E-state index contributed by atoms with van der Waals surface area (Å²) in [6.07, 6.45) is 2.31. The summed E-state index contributed by atoms with van der Waals surface area (Å²) in [4.78, 5) is 24.4. The molecule has 0 radical (unpaired) electrons. The average molecular weight is 380 g/mol. The minimum Gasteiger partial charge on any atom is -0.457 e. The highest BCUT2D eigenvalue weighted by atomic mass is 35.5. The predicted octanol–water partition coefficient (Wildman–Crippen LogP) is 4.72. The van der Waals surface area contributed by atoms with E-state index in [9.17, 15) is 9.59 Å². The third kappa shape index (κ3) is 4.07. The number of ether oxygens (including phenoxy) is 1. The van der Waals surface area contributed by atoms with Gasteiger partial charge in [-0.05, 0) is 50.5 Å². The van der Waals surface area contributed by atoms with Crippen molar-refractivity contribution in [1.29, 1.82) is 0 Å². The number of benzene rings is 1. The van der Waals surface area contributed by atoms with Gasteiger partial charge in [-0.1, -0.05) is 29.3 Å². The lowest BCUT2D eigenvalue weighted by molar-refractivity contribution is -0.141. The van der Waals surface area contributed by atoms with Gasteiger partial charge in [0.2, 0.25) is 5.78 Å². The fourth-order valence-electron chi connectivity index (χ4n) is 3.05. The first-order valence-electron chi connectivity index (χ1n) is 8.18. The van der Waals surface area contributed by atoms with E-state index in [-0.39, 0.29) is 18.8 Å². The summed E-state index contributed by atoms with van der Waals surface area (Å²) in [6.45, 7) is 3.67. The zero-order valence-corrected chi connectivity index (χ0v) is 15.7. The number of rotatable bonds is 6. The first kappa shape index (κ1) is 18.0. The molecule has 0 N–H and O–H groups in total. The van der Waals surface area contributed by atoms with Crippen LogP contribution < -0.4 is 0 Å². The summed E-state index contributed by atoms with van der Waals surface area (Å²) in [5.41, 5.74) is 3.27. The van der Waals surface area contributed by atoms with E-state index in [1.165, 1.54) is 0 Å². The molecular formula is C19H19Cl2NO3. The Hall–Kier alpha value is -1.78. The SMILES string of the molecule is Cc1cc(C(=O)COC(=O)Cc2ccc(Cl)cc2Cl)c(C)n1C1CC1. The van der Waals surface area contributed by atoms with Crippen LogP contribution in [0, 0.1) is 13.8 Å². The van der Waals surface area contributed by atoms with Crippen LogP contribution in [-0.2, 0) is 16.0 Å². The van der Waals surface area contributed by atoms with Crippen LogP contribution in [0.4, 0.5) is 0 Å². The van der Waals surface area contributed by atoms with Gasteiger partial charge in [-0.2, -0.15) is 0 Å². The molecule has 1 fully saturated rings. The standard InChI is InChI=1S/C19H19Cl2NO3/c1-11-7-16(12(2)22(11)15-5-6-15)18(23)10-25-19(24)8-13-3-4-14(20)9-17(13)21/h3-4,7,9,15H,5-6,8,10H2,1-2H3. The molecule has 0 spiro atoms. The van der Waals surface area contributed by atoms with Crippen LogP contribution in [0.15, 0.2) is 24.3 Å². The molecule has 1 aliphatic rings. The van der Waals surface area contributed by atoms with Gasteiger partial charge < -0.3 is 9.30 Å². The van der Waals surface area contributed by atoms with Crippen molar-refractivity contribution in [2.75, 3.05) is 6.61 Å². The molecule has 1 saturated carbocycles. The molecular weight excluding hydrogens is 361 g/mol. The second-order valence-corrected chi connectivity index (χ2v) is 7.23.